The van der Waals surface area contributed by atoms with Gasteiger partial charge in [0.2, 0.25) is 0 Å². The summed E-state index contributed by atoms with van der Waals surface area (Å²) in [6.45, 7) is 0.738. The summed E-state index contributed by atoms with van der Waals surface area (Å²) in [5.74, 6) is -0.0972. The first-order valence-corrected chi connectivity index (χ1v) is 6.07. The minimum atomic E-state index is -4.56. The van der Waals surface area contributed by atoms with E-state index in [2.05, 4.69) is 20.6 Å². The highest BCUT2D eigenvalue weighted by atomic mass is 19.4. The second-order valence-electron chi connectivity index (χ2n) is 4.69. The van der Waals surface area contributed by atoms with E-state index in [1.807, 2.05) is 0 Å². The first-order valence-electron chi connectivity index (χ1n) is 6.07. The lowest BCUT2D eigenvalue weighted by Crippen LogP contribution is -2.22. The van der Waals surface area contributed by atoms with Gasteiger partial charge in [0.15, 0.2) is 5.65 Å². The third kappa shape index (κ3) is 2.34. The molecule has 5 nitrogen and oxygen atoms in total. The van der Waals surface area contributed by atoms with Gasteiger partial charge in [-0.15, -0.1) is 15.3 Å². The summed E-state index contributed by atoms with van der Waals surface area (Å²) in [5.41, 5.74) is 0.0847. The number of fused-ring (bicyclic) bond motifs is 1. The molecular formula is C11H12F3N5. The van der Waals surface area contributed by atoms with Crippen LogP contribution >= 0.6 is 0 Å². The van der Waals surface area contributed by atoms with E-state index in [0.717, 1.165) is 23.9 Å². The van der Waals surface area contributed by atoms with Gasteiger partial charge >= 0.3 is 6.18 Å². The van der Waals surface area contributed by atoms with E-state index in [0.29, 0.717) is 11.7 Å². The average Bonchev–Trinajstić information content (AvgIpc) is 2.69. The fourth-order valence-corrected chi connectivity index (χ4v) is 2.01. The van der Waals surface area contributed by atoms with Crippen LogP contribution in [-0.2, 0) is 6.18 Å². The van der Waals surface area contributed by atoms with Crippen molar-refractivity contribution in [3.05, 3.63) is 18.0 Å². The van der Waals surface area contributed by atoms with Crippen molar-refractivity contribution in [3.8, 4) is 0 Å². The van der Waals surface area contributed by atoms with Crippen LogP contribution in [0.1, 0.15) is 25.1 Å². The van der Waals surface area contributed by atoms with Crippen molar-refractivity contribution in [1.82, 2.24) is 19.8 Å². The minimum Gasteiger partial charge on any atom is -0.368 e. The summed E-state index contributed by atoms with van der Waals surface area (Å²) < 4.78 is 38.8. The molecule has 0 spiro atoms. The Hall–Kier alpha value is -1.86. The van der Waals surface area contributed by atoms with Gasteiger partial charge in [0.25, 0.3) is 5.82 Å². The zero-order chi connectivity index (χ0) is 13.5. The summed E-state index contributed by atoms with van der Waals surface area (Å²) >= 11 is 0. The summed E-state index contributed by atoms with van der Waals surface area (Å²) in [7, 11) is 0. The highest BCUT2D eigenvalue weighted by Crippen LogP contribution is 2.28. The predicted molar refractivity (Wildman–Crippen MR) is 61.6 cm³/mol. The molecule has 0 aromatic carbocycles. The molecule has 102 valence electrons. The highest BCUT2D eigenvalue weighted by Gasteiger charge is 2.37. The standard InChI is InChI=1S/C11H12F3N5/c12-11(13,14)10-17-16-9-5-4-8(18-19(9)10)15-6-7-2-1-3-7/h4-5,7H,1-3,6H2,(H,15,18). The van der Waals surface area contributed by atoms with Crippen molar-refractivity contribution in [2.75, 3.05) is 11.9 Å². The average molecular weight is 271 g/mol. The van der Waals surface area contributed by atoms with Crippen molar-refractivity contribution < 1.29 is 13.2 Å². The summed E-state index contributed by atoms with van der Waals surface area (Å²) in [6, 6.07) is 3.08. The van der Waals surface area contributed by atoms with E-state index < -0.39 is 12.0 Å². The number of hydrogen-bond donors (Lipinski definition) is 1. The number of halogens is 3. The number of alkyl halides is 3. The van der Waals surface area contributed by atoms with Crippen molar-refractivity contribution >= 4 is 11.5 Å². The van der Waals surface area contributed by atoms with E-state index >= 15 is 0 Å². The molecule has 1 N–H and O–H groups in total. The third-order valence-electron chi connectivity index (χ3n) is 3.31. The molecule has 0 atom stereocenters. The van der Waals surface area contributed by atoms with Crippen LogP contribution in [0, 0.1) is 5.92 Å². The first kappa shape index (κ1) is 12.2. The van der Waals surface area contributed by atoms with Crippen molar-refractivity contribution in [3.63, 3.8) is 0 Å². The van der Waals surface area contributed by atoms with Gasteiger partial charge in [-0.2, -0.15) is 17.7 Å². The molecule has 0 aliphatic heterocycles. The Balaban J connectivity index is 1.85. The number of rotatable bonds is 3. The van der Waals surface area contributed by atoms with Crippen molar-refractivity contribution in [1.29, 1.82) is 0 Å². The Morgan fingerprint density at radius 1 is 1.26 bits per heavy atom. The van der Waals surface area contributed by atoms with Crippen LogP contribution in [0.3, 0.4) is 0 Å². The van der Waals surface area contributed by atoms with Crippen LogP contribution < -0.4 is 5.32 Å². The normalized spacial score (nSPS) is 16.6. The second kappa shape index (κ2) is 4.36. The molecule has 0 bridgehead atoms. The molecule has 19 heavy (non-hydrogen) atoms. The van der Waals surface area contributed by atoms with E-state index in [-0.39, 0.29) is 5.65 Å². The molecule has 1 fully saturated rings. The maximum Gasteiger partial charge on any atom is 0.453 e. The Morgan fingerprint density at radius 3 is 2.68 bits per heavy atom. The van der Waals surface area contributed by atoms with Crippen molar-refractivity contribution in [2.24, 2.45) is 5.92 Å². The number of aromatic nitrogens is 4. The lowest BCUT2D eigenvalue weighted by molar-refractivity contribution is -0.146. The number of nitrogens with one attached hydrogen (secondary N) is 1. The monoisotopic (exact) mass is 271 g/mol. The quantitative estimate of drug-likeness (QED) is 0.931. The topological polar surface area (TPSA) is 55.1 Å². The Morgan fingerprint density at radius 2 is 2.05 bits per heavy atom. The van der Waals surface area contributed by atoms with E-state index in [4.69, 9.17) is 0 Å². The van der Waals surface area contributed by atoms with Crippen LogP contribution in [0.25, 0.3) is 5.65 Å². The van der Waals surface area contributed by atoms with Gasteiger partial charge in [-0.05, 0) is 30.9 Å². The van der Waals surface area contributed by atoms with Gasteiger partial charge in [-0.1, -0.05) is 6.42 Å². The summed E-state index contributed by atoms with van der Waals surface area (Å²) in [5, 5.41) is 13.5. The zero-order valence-corrected chi connectivity index (χ0v) is 9.98. The largest absolute Gasteiger partial charge is 0.453 e. The molecule has 3 rings (SSSR count). The smallest absolute Gasteiger partial charge is 0.368 e. The first-order chi connectivity index (χ1) is 9.04. The molecule has 0 unspecified atom stereocenters. The molecular weight excluding hydrogens is 259 g/mol. The SMILES string of the molecule is FC(F)(F)c1nnc2ccc(NCC3CCC3)nn12. The van der Waals surface area contributed by atoms with Crippen molar-refractivity contribution in [2.45, 2.75) is 25.4 Å². The lowest BCUT2D eigenvalue weighted by Gasteiger charge is -2.25. The Kier molecular flexibility index (Phi) is 2.79. The van der Waals surface area contributed by atoms with Crippen LogP contribution in [-0.4, -0.2) is 26.4 Å². The molecule has 0 saturated heterocycles. The third-order valence-corrected chi connectivity index (χ3v) is 3.31. The van der Waals surface area contributed by atoms with Gasteiger partial charge in [0.05, 0.1) is 0 Å². The molecule has 1 aliphatic carbocycles. The zero-order valence-electron chi connectivity index (χ0n) is 9.98. The van der Waals surface area contributed by atoms with Crippen LogP contribution in [0.5, 0.6) is 0 Å². The summed E-state index contributed by atoms with van der Waals surface area (Å²) in [4.78, 5) is 0. The molecule has 2 heterocycles. The van der Waals surface area contributed by atoms with E-state index in [1.165, 1.54) is 12.5 Å². The second-order valence-corrected chi connectivity index (χ2v) is 4.69. The van der Waals surface area contributed by atoms with Gasteiger partial charge < -0.3 is 5.32 Å². The summed E-state index contributed by atoms with van der Waals surface area (Å²) in [6.07, 6.45) is -1.01. The Bertz CT molecular complexity index is 588. The fourth-order valence-electron chi connectivity index (χ4n) is 2.01. The maximum absolute atomic E-state index is 12.7. The van der Waals surface area contributed by atoms with Crippen LogP contribution in [0.15, 0.2) is 12.1 Å². The fraction of sp³-hybridized carbons (Fsp3) is 0.545. The van der Waals surface area contributed by atoms with Gasteiger partial charge in [-0.3, -0.25) is 0 Å². The molecule has 2 aromatic rings. The van der Waals surface area contributed by atoms with E-state index in [9.17, 15) is 13.2 Å². The molecule has 1 saturated carbocycles. The lowest BCUT2D eigenvalue weighted by atomic mass is 9.85. The van der Waals surface area contributed by atoms with Crippen LogP contribution in [0.4, 0.5) is 19.0 Å². The van der Waals surface area contributed by atoms with Gasteiger partial charge in [-0.25, -0.2) is 0 Å². The molecule has 1 aliphatic rings. The predicted octanol–water partition coefficient (Wildman–Crippen LogP) is 2.36. The highest BCUT2D eigenvalue weighted by molar-refractivity contribution is 5.44. The molecule has 0 amide bonds. The molecule has 2 aromatic heterocycles. The minimum absolute atomic E-state index is 0.0847. The van der Waals surface area contributed by atoms with Gasteiger partial charge in [0.1, 0.15) is 5.82 Å². The molecule has 8 heteroatoms. The molecule has 0 radical (unpaired) electrons. The van der Waals surface area contributed by atoms with E-state index in [1.54, 1.807) is 6.07 Å². The number of anilines is 1. The number of hydrogen-bond acceptors (Lipinski definition) is 4. The van der Waals surface area contributed by atoms with Gasteiger partial charge in [0, 0.05) is 6.54 Å². The van der Waals surface area contributed by atoms with Crippen LogP contribution in [0.2, 0.25) is 0 Å². The Labute approximate surface area is 106 Å². The number of nitrogens with zero attached hydrogens (tertiary/aromatic N) is 4. The maximum atomic E-state index is 12.7.